The van der Waals surface area contributed by atoms with Gasteiger partial charge in [-0.3, -0.25) is 9.48 Å². The molecule has 2 atom stereocenters. The van der Waals surface area contributed by atoms with E-state index in [2.05, 4.69) is 36.1 Å². The van der Waals surface area contributed by atoms with E-state index in [1.165, 1.54) is 6.42 Å². The van der Waals surface area contributed by atoms with E-state index in [0.29, 0.717) is 11.5 Å². The van der Waals surface area contributed by atoms with E-state index in [-0.39, 0.29) is 11.9 Å². The zero-order chi connectivity index (χ0) is 21.5. The molecular weight excluding hydrogens is 390 g/mol. The van der Waals surface area contributed by atoms with E-state index < -0.39 is 0 Å². The van der Waals surface area contributed by atoms with Crippen LogP contribution in [0.15, 0.2) is 24.7 Å². The summed E-state index contributed by atoms with van der Waals surface area (Å²) in [4.78, 5) is 22.6. The predicted molar refractivity (Wildman–Crippen MR) is 119 cm³/mol. The number of fused-ring (bicyclic) bond motifs is 1. The lowest BCUT2D eigenvalue weighted by Crippen LogP contribution is -2.38. The highest BCUT2D eigenvalue weighted by atomic mass is 16.2. The second kappa shape index (κ2) is 7.98. The van der Waals surface area contributed by atoms with Crippen molar-refractivity contribution in [2.24, 2.45) is 5.92 Å². The molecule has 0 bridgehead atoms. The van der Waals surface area contributed by atoms with Crippen molar-refractivity contribution in [2.45, 2.75) is 59.0 Å². The molecule has 3 aromatic heterocycles. The minimum Gasteiger partial charge on any atom is -0.356 e. The number of rotatable bonds is 4. The summed E-state index contributed by atoms with van der Waals surface area (Å²) in [5.74, 6) is 1.81. The molecule has 164 valence electrons. The van der Waals surface area contributed by atoms with Crippen molar-refractivity contribution in [1.29, 1.82) is 0 Å². The first kappa shape index (κ1) is 20.0. The van der Waals surface area contributed by atoms with Gasteiger partial charge in [0.1, 0.15) is 5.82 Å². The van der Waals surface area contributed by atoms with E-state index in [1.807, 2.05) is 22.5 Å². The molecule has 3 aromatic rings. The molecule has 2 aliphatic rings. The van der Waals surface area contributed by atoms with E-state index >= 15 is 0 Å². The van der Waals surface area contributed by atoms with Gasteiger partial charge >= 0.3 is 0 Å². The Labute approximate surface area is 182 Å². The van der Waals surface area contributed by atoms with Crippen molar-refractivity contribution in [1.82, 2.24) is 29.3 Å². The molecule has 0 saturated carbocycles. The third-order valence-electron chi connectivity index (χ3n) is 6.66. The molecule has 2 aliphatic heterocycles. The molecule has 2 saturated heterocycles. The van der Waals surface area contributed by atoms with E-state index in [9.17, 15) is 4.79 Å². The molecule has 5 rings (SSSR count). The quantitative estimate of drug-likeness (QED) is 0.645. The molecule has 0 aromatic carbocycles. The monoisotopic (exact) mass is 421 g/mol. The van der Waals surface area contributed by atoms with Gasteiger partial charge in [0.15, 0.2) is 5.65 Å². The molecule has 2 fully saturated rings. The summed E-state index contributed by atoms with van der Waals surface area (Å²) in [7, 11) is 0. The van der Waals surface area contributed by atoms with E-state index in [4.69, 9.17) is 10.1 Å². The maximum atomic E-state index is 13.3. The summed E-state index contributed by atoms with van der Waals surface area (Å²) in [5, 5.41) is 9.13. The number of anilines is 1. The number of nitrogens with zero attached hydrogens (tertiary/aromatic N) is 7. The van der Waals surface area contributed by atoms with Crippen molar-refractivity contribution in [2.75, 3.05) is 24.5 Å². The number of aryl methyl sites for hydroxylation is 2. The van der Waals surface area contributed by atoms with Crippen LogP contribution in [0.4, 0.5) is 5.82 Å². The number of aromatic nitrogens is 5. The zero-order valence-electron chi connectivity index (χ0n) is 18.7. The van der Waals surface area contributed by atoms with E-state index in [1.54, 1.807) is 10.9 Å². The average Bonchev–Trinajstić information content (AvgIpc) is 3.51. The standard InChI is InChI=1S/C23H31N7O/c1-4-28-15-18(12-24-28)23(31)29-9-6-5-7-20(29)19-11-21-25-22(17(3)14-30(21)26-19)27-10-8-16(2)13-27/h11-12,14-16,20H,4-10,13H2,1-3H3/t16-,20-/m0/s1. The first-order chi connectivity index (χ1) is 15.0. The normalized spacial score (nSPS) is 21.9. The Morgan fingerprint density at radius 3 is 2.81 bits per heavy atom. The van der Waals surface area contributed by atoms with Gasteiger partial charge in [-0.15, -0.1) is 0 Å². The van der Waals surface area contributed by atoms with Crippen LogP contribution in [0.2, 0.25) is 0 Å². The SMILES string of the molecule is CCn1cc(C(=O)N2CCCC[C@H]2c2cc3nc(N4CC[C@H](C)C4)c(C)cn3n2)cn1. The van der Waals surface area contributed by atoms with Crippen LogP contribution >= 0.6 is 0 Å². The summed E-state index contributed by atoms with van der Waals surface area (Å²) in [6, 6.07) is 2.04. The minimum atomic E-state index is -0.0245. The Bertz CT molecular complexity index is 1100. The number of piperidine rings is 1. The lowest BCUT2D eigenvalue weighted by molar-refractivity contribution is 0.0605. The number of hydrogen-bond acceptors (Lipinski definition) is 5. The van der Waals surface area contributed by atoms with Crippen LogP contribution in [0.3, 0.4) is 0 Å². The summed E-state index contributed by atoms with van der Waals surface area (Å²) >= 11 is 0. The maximum absolute atomic E-state index is 13.3. The number of carbonyl (C=O) groups excluding carboxylic acids is 1. The van der Waals surface area contributed by atoms with Gasteiger partial charge in [-0.25, -0.2) is 9.50 Å². The summed E-state index contributed by atoms with van der Waals surface area (Å²) in [5.41, 5.74) is 3.57. The second-order valence-corrected chi connectivity index (χ2v) is 9.05. The molecule has 8 heteroatoms. The predicted octanol–water partition coefficient (Wildman–Crippen LogP) is 3.47. The second-order valence-electron chi connectivity index (χ2n) is 9.05. The third-order valence-corrected chi connectivity index (χ3v) is 6.66. The van der Waals surface area contributed by atoms with Crippen LogP contribution in [-0.2, 0) is 6.54 Å². The van der Waals surface area contributed by atoms with Crippen LogP contribution in [0.25, 0.3) is 5.65 Å². The largest absolute Gasteiger partial charge is 0.356 e. The van der Waals surface area contributed by atoms with Gasteiger partial charge in [0.25, 0.3) is 5.91 Å². The number of carbonyl (C=O) groups is 1. The molecule has 0 radical (unpaired) electrons. The maximum Gasteiger partial charge on any atom is 0.257 e. The summed E-state index contributed by atoms with van der Waals surface area (Å²) in [6.45, 7) is 10.0. The Morgan fingerprint density at radius 1 is 1.19 bits per heavy atom. The van der Waals surface area contributed by atoms with Crippen LogP contribution < -0.4 is 4.90 Å². The van der Waals surface area contributed by atoms with Crippen molar-refractivity contribution in [3.63, 3.8) is 0 Å². The topological polar surface area (TPSA) is 71.6 Å². The van der Waals surface area contributed by atoms with Crippen molar-refractivity contribution >= 4 is 17.4 Å². The van der Waals surface area contributed by atoms with Crippen LogP contribution in [0.1, 0.15) is 67.2 Å². The Kier molecular flexibility index (Phi) is 5.16. The van der Waals surface area contributed by atoms with Gasteiger partial charge in [-0.1, -0.05) is 6.92 Å². The Hall–Kier alpha value is -2.90. The average molecular weight is 422 g/mol. The Morgan fingerprint density at radius 2 is 2.06 bits per heavy atom. The van der Waals surface area contributed by atoms with Crippen LogP contribution in [0.5, 0.6) is 0 Å². The number of amides is 1. The van der Waals surface area contributed by atoms with Gasteiger partial charge in [-0.2, -0.15) is 10.2 Å². The first-order valence-corrected chi connectivity index (χ1v) is 11.5. The summed E-state index contributed by atoms with van der Waals surface area (Å²) in [6.07, 6.45) is 9.84. The smallest absolute Gasteiger partial charge is 0.257 e. The third kappa shape index (κ3) is 3.68. The fourth-order valence-corrected chi connectivity index (χ4v) is 4.92. The highest BCUT2D eigenvalue weighted by molar-refractivity contribution is 5.94. The van der Waals surface area contributed by atoms with Gasteiger partial charge in [-0.05, 0) is 45.4 Å². The molecule has 0 N–H and O–H groups in total. The van der Waals surface area contributed by atoms with Crippen molar-refractivity contribution in [3.05, 3.63) is 41.5 Å². The summed E-state index contributed by atoms with van der Waals surface area (Å²) < 4.78 is 3.67. The molecule has 0 unspecified atom stereocenters. The molecule has 8 nitrogen and oxygen atoms in total. The molecule has 1 amide bonds. The molecule has 31 heavy (non-hydrogen) atoms. The lowest BCUT2D eigenvalue weighted by atomic mass is 9.98. The molecule has 0 aliphatic carbocycles. The van der Waals surface area contributed by atoms with Gasteiger partial charge in [0.2, 0.25) is 0 Å². The van der Waals surface area contributed by atoms with Crippen molar-refractivity contribution < 1.29 is 4.79 Å². The minimum absolute atomic E-state index is 0.0245. The van der Waals surface area contributed by atoms with Crippen LogP contribution in [0, 0.1) is 12.8 Å². The first-order valence-electron chi connectivity index (χ1n) is 11.5. The lowest BCUT2D eigenvalue weighted by Gasteiger charge is -2.34. The fourth-order valence-electron chi connectivity index (χ4n) is 4.92. The van der Waals surface area contributed by atoms with Gasteiger partial charge in [0, 0.05) is 50.2 Å². The van der Waals surface area contributed by atoms with Gasteiger partial charge in [0.05, 0.1) is 23.5 Å². The molecule has 5 heterocycles. The Balaban J connectivity index is 1.45. The highest BCUT2D eigenvalue weighted by Crippen LogP contribution is 2.33. The molecular formula is C23H31N7O. The van der Waals surface area contributed by atoms with Crippen molar-refractivity contribution in [3.8, 4) is 0 Å². The highest BCUT2D eigenvalue weighted by Gasteiger charge is 2.31. The molecule has 0 spiro atoms. The number of likely N-dealkylation sites (tertiary alicyclic amines) is 1. The van der Waals surface area contributed by atoms with Gasteiger partial charge < -0.3 is 9.80 Å². The van der Waals surface area contributed by atoms with E-state index in [0.717, 1.165) is 68.2 Å². The fraction of sp³-hybridized carbons (Fsp3) is 0.565. The van der Waals surface area contributed by atoms with Crippen LogP contribution in [-0.4, -0.2) is 54.8 Å². The zero-order valence-corrected chi connectivity index (χ0v) is 18.7. The number of hydrogen-bond donors (Lipinski definition) is 0.